The molecule has 1 rings (SSSR count). The Morgan fingerprint density at radius 3 is 2.94 bits per heavy atom. The fraction of sp³-hybridized carbons (Fsp3) is 0.500. The van der Waals surface area contributed by atoms with Crippen LogP contribution >= 0.6 is 0 Å². The van der Waals surface area contributed by atoms with Crippen molar-refractivity contribution in [1.29, 1.82) is 0 Å². The van der Waals surface area contributed by atoms with Crippen molar-refractivity contribution in [2.24, 2.45) is 0 Å². The first-order chi connectivity index (χ1) is 8.17. The van der Waals surface area contributed by atoms with Gasteiger partial charge in [-0.05, 0) is 25.0 Å². The van der Waals surface area contributed by atoms with E-state index in [-0.39, 0.29) is 5.91 Å². The van der Waals surface area contributed by atoms with Gasteiger partial charge in [0.25, 0.3) is 5.91 Å². The fourth-order valence-corrected chi connectivity index (χ4v) is 1.44. The standard InChI is InChI=1S/C12H19N3O2/c1-3-10-7-9(8-11(13)15-10)12(16)14-5-4-6-17-2/h7-8H,3-6H2,1-2H3,(H2,13,15)(H,14,16). The van der Waals surface area contributed by atoms with Crippen molar-refractivity contribution >= 4 is 11.7 Å². The third-order valence-corrected chi connectivity index (χ3v) is 2.33. The van der Waals surface area contributed by atoms with Crippen molar-refractivity contribution in [2.45, 2.75) is 19.8 Å². The molecule has 0 spiro atoms. The highest BCUT2D eigenvalue weighted by molar-refractivity contribution is 5.94. The van der Waals surface area contributed by atoms with E-state index in [1.54, 1.807) is 19.2 Å². The smallest absolute Gasteiger partial charge is 0.251 e. The van der Waals surface area contributed by atoms with Gasteiger partial charge in [0.1, 0.15) is 5.82 Å². The molecule has 0 aliphatic carbocycles. The molecular formula is C12H19N3O2. The summed E-state index contributed by atoms with van der Waals surface area (Å²) in [6, 6.07) is 3.35. The van der Waals surface area contributed by atoms with Crippen LogP contribution in [0.2, 0.25) is 0 Å². The van der Waals surface area contributed by atoms with Crippen LogP contribution in [0.25, 0.3) is 0 Å². The Bertz CT molecular complexity index is 380. The van der Waals surface area contributed by atoms with Gasteiger partial charge in [0.15, 0.2) is 0 Å². The number of ether oxygens (including phenoxy) is 1. The summed E-state index contributed by atoms with van der Waals surface area (Å²) in [6.45, 7) is 3.21. The largest absolute Gasteiger partial charge is 0.385 e. The van der Waals surface area contributed by atoms with Gasteiger partial charge in [0.2, 0.25) is 0 Å². The minimum absolute atomic E-state index is 0.120. The highest BCUT2D eigenvalue weighted by atomic mass is 16.5. The van der Waals surface area contributed by atoms with Crippen LogP contribution in [0.3, 0.4) is 0 Å². The lowest BCUT2D eigenvalue weighted by molar-refractivity contribution is 0.0948. The van der Waals surface area contributed by atoms with E-state index in [0.29, 0.717) is 24.5 Å². The first-order valence-corrected chi connectivity index (χ1v) is 5.71. The monoisotopic (exact) mass is 237 g/mol. The van der Waals surface area contributed by atoms with Gasteiger partial charge < -0.3 is 15.8 Å². The van der Waals surface area contributed by atoms with Crippen LogP contribution in [-0.2, 0) is 11.2 Å². The van der Waals surface area contributed by atoms with Crippen molar-refractivity contribution in [1.82, 2.24) is 10.3 Å². The van der Waals surface area contributed by atoms with Gasteiger partial charge in [-0.1, -0.05) is 6.92 Å². The molecule has 94 valence electrons. The van der Waals surface area contributed by atoms with Crippen LogP contribution in [0.4, 0.5) is 5.82 Å². The van der Waals surface area contributed by atoms with Crippen molar-refractivity contribution in [3.05, 3.63) is 23.4 Å². The molecule has 0 atom stereocenters. The number of nitrogens with one attached hydrogen (secondary N) is 1. The minimum Gasteiger partial charge on any atom is -0.385 e. The molecule has 1 heterocycles. The van der Waals surface area contributed by atoms with Crippen LogP contribution in [0.15, 0.2) is 12.1 Å². The summed E-state index contributed by atoms with van der Waals surface area (Å²) in [4.78, 5) is 15.9. The predicted molar refractivity (Wildman–Crippen MR) is 66.9 cm³/mol. The Kier molecular flexibility index (Phi) is 5.42. The third-order valence-electron chi connectivity index (χ3n) is 2.33. The predicted octanol–water partition coefficient (Wildman–Crippen LogP) is 0.992. The number of carbonyl (C=O) groups is 1. The van der Waals surface area contributed by atoms with E-state index in [1.165, 1.54) is 0 Å². The first kappa shape index (κ1) is 13.4. The summed E-state index contributed by atoms with van der Waals surface area (Å²) in [5.74, 6) is 0.260. The van der Waals surface area contributed by atoms with E-state index in [1.807, 2.05) is 6.92 Å². The summed E-state index contributed by atoms with van der Waals surface area (Å²) < 4.78 is 4.90. The highest BCUT2D eigenvalue weighted by Crippen LogP contribution is 2.08. The molecule has 0 bridgehead atoms. The van der Waals surface area contributed by atoms with Crippen molar-refractivity contribution in [3.8, 4) is 0 Å². The number of hydrogen-bond donors (Lipinski definition) is 2. The molecule has 1 aromatic rings. The molecule has 1 amide bonds. The average molecular weight is 237 g/mol. The van der Waals surface area contributed by atoms with Crippen LogP contribution < -0.4 is 11.1 Å². The van der Waals surface area contributed by atoms with Gasteiger partial charge >= 0.3 is 0 Å². The second-order valence-corrected chi connectivity index (χ2v) is 3.73. The zero-order valence-corrected chi connectivity index (χ0v) is 10.3. The molecular weight excluding hydrogens is 218 g/mol. The number of hydrogen-bond acceptors (Lipinski definition) is 4. The highest BCUT2D eigenvalue weighted by Gasteiger charge is 2.07. The Hall–Kier alpha value is -1.62. The number of anilines is 1. The number of rotatable bonds is 6. The molecule has 0 saturated heterocycles. The van der Waals surface area contributed by atoms with E-state index in [9.17, 15) is 4.79 Å². The molecule has 0 aromatic carbocycles. The molecule has 0 aliphatic rings. The molecule has 3 N–H and O–H groups in total. The Labute approximate surface area is 101 Å². The summed E-state index contributed by atoms with van der Waals surface area (Å²) in [6.07, 6.45) is 1.55. The Morgan fingerprint density at radius 2 is 2.29 bits per heavy atom. The zero-order chi connectivity index (χ0) is 12.7. The zero-order valence-electron chi connectivity index (χ0n) is 10.3. The maximum absolute atomic E-state index is 11.8. The molecule has 0 radical (unpaired) electrons. The minimum atomic E-state index is -0.120. The fourth-order valence-electron chi connectivity index (χ4n) is 1.44. The number of amides is 1. The quantitative estimate of drug-likeness (QED) is 0.723. The summed E-state index contributed by atoms with van der Waals surface area (Å²) in [7, 11) is 1.64. The second kappa shape index (κ2) is 6.85. The molecule has 0 aliphatic heterocycles. The SMILES string of the molecule is CCc1cc(C(=O)NCCCOC)cc(N)n1. The molecule has 5 heteroatoms. The lowest BCUT2D eigenvalue weighted by atomic mass is 10.2. The number of carbonyl (C=O) groups excluding carboxylic acids is 1. The lowest BCUT2D eigenvalue weighted by Crippen LogP contribution is -2.25. The van der Waals surface area contributed by atoms with E-state index in [4.69, 9.17) is 10.5 Å². The molecule has 0 fully saturated rings. The number of pyridine rings is 1. The third kappa shape index (κ3) is 4.40. The van der Waals surface area contributed by atoms with Crippen molar-refractivity contribution < 1.29 is 9.53 Å². The second-order valence-electron chi connectivity index (χ2n) is 3.73. The Morgan fingerprint density at radius 1 is 1.53 bits per heavy atom. The molecule has 17 heavy (non-hydrogen) atoms. The topological polar surface area (TPSA) is 77.2 Å². The van der Waals surface area contributed by atoms with Gasteiger partial charge in [-0.25, -0.2) is 4.98 Å². The molecule has 0 unspecified atom stereocenters. The van der Waals surface area contributed by atoms with E-state index < -0.39 is 0 Å². The van der Waals surface area contributed by atoms with E-state index in [0.717, 1.165) is 18.5 Å². The van der Waals surface area contributed by atoms with Crippen LogP contribution in [0.1, 0.15) is 29.4 Å². The molecule has 0 saturated carbocycles. The van der Waals surface area contributed by atoms with Crippen LogP contribution in [0.5, 0.6) is 0 Å². The average Bonchev–Trinajstić information content (AvgIpc) is 2.33. The van der Waals surface area contributed by atoms with Gasteiger partial charge in [0.05, 0.1) is 0 Å². The maximum Gasteiger partial charge on any atom is 0.251 e. The van der Waals surface area contributed by atoms with Crippen LogP contribution in [0, 0.1) is 0 Å². The van der Waals surface area contributed by atoms with Crippen molar-refractivity contribution in [3.63, 3.8) is 0 Å². The number of aromatic nitrogens is 1. The van der Waals surface area contributed by atoms with E-state index >= 15 is 0 Å². The number of methoxy groups -OCH3 is 1. The van der Waals surface area contributed by atoms with Gasteiger partial charge in [-0.3, -0.25) is 4.79 Å². The lowest BCUT2D eigenvalue weighted by Gasteiger charge is -2.07. The number of nitrogens with zero attached hydrogens (tertiary/aromatic N) is 1. The summed E-state index contributed by atoms with van der Waals surface area (Å²) in [5.41, 5.74) is 7.03. The molecule has 1 aromatic heterocycles. The van der Waals surface area contributed by atoms with E-state index in [2.05, 4.69) is 10.3 Å². The van der Waals surface area contributed by atoms with Crippen LogP contribution in [-0.4, -0.2) is 31.2 Å². The number of nitrogens with two attached hydrogens (primary N) is 1. The number of aryl methyl sites for hydroxylation is 1. The maximum atomic E-state index is 11.8. The molecule has 5 nitrogen and oxygen atoms in total. The first-order valence-electron chi connectivity index (χ1n) is 5.71. The number of nitrogen functional groups attached to an aromatic ring is 1. The van der Waals surface area contributed by atoms with Gasteiger partial charge in [-0.2, -0.15) is 0 Å². The Balaban J connectivity index is 2.59. The van der Waals surface area contributed by atoms with Gasteiger partial charge in [0, 0.05) is 31.5 Å². The summed E-state index contributed by atoms with van der Waals surface area (Å²) in [5, 5.41) is 2.81. The normalized spacial score (nSPS) is 10.2. The van der Waals surface area contributed by atoms with Crippen molar-refractivity contribution in [2.75, 3.05) is 26.0 Å². The van der Waals surface area contributed by atoms with Gasteiger partial charge in [-0.15, -0.1) is 0 Å². The summed E-state index contributed by atoms with van der Waals surface area (Å²) >= 11 is 0.